The van der Waals surface area contributed by atoms with E-state index in [0.717, 1.165) is 31.6 Å². The third-order valence-corrected chi connectivity index (χ3v) is 4.65. The minimum absolute atomic E-state index is 0.341. The van der Waals surface area contributed by atoms with E-state index in [1.807, 2.05) is 0 Å². The predicted molar refractivity (Wildman–Crippen MR) is 70.5 cm³/mol. The molecular formula is C15H30O. The van der Waals surface area contributed by atoms with Crippen LogP contribution in [-0.2, 0) is 0 Å². The first-order chi connectivity index (χ1) is 7.66. The maximum absolute atomic E-state index is 10.8. The van der Waals surface area contributed by atoms with Gasteiger partial charge in [0.25, 0.3) is 0 Å². The van der Waals surface area contributed by atoms with Gasteiger partial charge in [-0.25, -0.2) is 0 Å². The predicted octanol–water partition coefficient (Wildman–Crippen LogP) is 4.53. The Balaban J connectivity index is 2.56. The lowest BCUT2D eigenvalue weighted by atomic mass is 9.78. The Morgan fingerprint density at radius 3 is 2.38 bits per heavy atom. The molecule has 1 nitrogen and oxygen atoms in total. The van der Waals surface area contributed by atoms with Crippen molar-refractivity contribution in [1.29, 1.82) is 0 Å². The molecule has 96 valence electrons. The van der Waals surface area contributed by atoms with Crippen LogP contribution in [0.25, 0.3) is 0 Å². The van der Waals surface area contributed by atoms with Gasteiger partial charge in [0, 0.05) is 0 Å². The molecule has 0 saturated heterocycles. The fraction of sp³-hybridized carbons (Fsp3) is 1.00. The van der Waals surface area contributed by atoms with Gasteiger partial charge >= 0.3 is 0 Å². The van der Waals surface area contributed by atoms with E-state index >= 15 is 0 Å². The average Bonchev–Trinajstić information content (AvgIpc) is 2.44. The molecule has 1 rings (SSSR count). The molecule has 0 aromatic rings. The molecule has 0 radical (unpaired) electrons. The zero-order valence-corrected chi connectivity index (χ0v) is 11.5. The summed E-state index contributed by atoms with van der Waals surface area (Å²) in [6.45, 7) is 6.72. The van der Waals surface area contributed by atoms with Gasteiger partial charge in [-0.3, -0.25) is 0 Å². The van der Waals surface area contributed by atoms with Crippen LogP contribution in [0.2, 0.25) is 0 Å². The molecule has 0 heterocycles. The highest BCUT2D eigenvalue weighted by Gasteiger charge is 2.36. The molecule has 1 fully saturated rings. The maximum atomic E-state index is 10.8. The highest BCUT2D eigenvalue weighted by atomic mass is 16.3. The van der Waals surface area contributed by atoms with E-state index in [-0.39, 0.29) is 5.60 Å². The molecule has 2 atom stereocenters. The van der Waals surface area contributed by atoms with Crippen LogP contribution in [0.1, 0.15) is 78.6 Å². The summed E-state index contributed by atoms with van der Waals surface area (Å²) in [4.78, 5) is 0. The Labute approximate surface area is 102 Å². The van der Waals surface area contributed by atoms with Crippen molar-refractivity contribution in [2.75, 3.05) is 0 Å². The fourth-order valence-corrected chi connectivity index (χ4v) is 3.57. The summed E-state index contributed by atoms with van der Waals surface area (Å²) in [5.74, 6) is 1.40. The molecule has 1 aliphatic rings. The first-order valence-electron chi connectivity index (χ1n) is 7.38. The Morgan fingerprint density at radius 2 is 1.81 bits per heavy atom. The Bertz CT molecular complexity index is 186. The Hall–Kier alpha value is -0.0400. The molecule has 1 saturated carbocycles. The first-order valence-corrected chi connectivity index (χ1v) is 7.38. The van der Waals surface area contributed by atoms with E-state index in [9.17, 15) is 5.11 Å². The van der Waals surface area contributed by atoms with Gasteiger partial charge in [-0.05, 0) is 31.1 Å². The SMILES string of the molecule is CCCC1CCCC(O)(C(CC)CC)CC1. The van der Waals surface area contributed by atoms with Gasteiger partial charge in [0.2, 0.25) is 0 Å². The van der Waals surface area contributed by atoms with E-state index in [2.05, 4.69) is 20.8 Å². The zero-order valence-electron chi connectivity index (χ0n) is 11.5. The summed E-state index contributed by atoms with van der Waals surface area (Å²) >= 11 is 0. The summed E-state index contributed by atoms with van der Waals surface area (Å²) < 4.78 is 0. The summed E-state index contributed by atoms with van der Waals surface area (Å²) in [7, 11) is 0. The van der Waals surface area contributed by atoms with E-state index in [1.165, 1.54) is 32.1 Å². The van der Waals surface area contributed by atoms with Gasteiger partial charge in [-0.1, -0.05) is 59.3 Å². The average molecular weight is 226 g/mol. The maximum Gasteiger partial charge on any atom is 0.0675 e. The third-order valence-electron chi connectivity index (χ3n) is 4.65. The normalized spacial score (nSPS) is 31.7. The van der Waals surface area contributed by atoms with Crippen LogP contribution < -0.4 is 0 Å². The second kappa shape index (κ2) is 6.64. The number of hydrogen-bond acceptors (Lipinski definition) is 1. The molecule has 0 amide bonds. The van der Waals surface area contributed by atoms with Gasteiger partial charge in [0.15, 0.2) is 0 Å². The molecule has 0 aromatic heterocycles. The van der Waals surface area contributed by atoms with Gasteiger partial charge in [0.05, 0.1) is 5.60 Å². The summed E-state index contributed by atoms with van der Waals surface area (Å²) in [5.41, 5.74) is -0.341. The quantitative estimate of drug-likeness (QED) is 0.683. The topological polar surface area (TPSA) is 20.2 Å². The van der Waals surface area contributed by atoms with Crippen molar-refractivity contribution in [2.24, 2.45) is 11.8 Å². The standard InChI is InChI=1S/C15H30O/c1-4-8-13-9-7-11-15(16,12-10-13)14(5-2)6-3/h13-14,16H,4-12H2,1-3H3. The number of hydrogen-bond donors (Lipinski definition) is 1. The first kappa shape index (κ1) is 14.0. The molecule has 1 aliphatic carbocycles. The van der Waals surface area contributed by atoms with Crippen molar-refractivity contribution >= 4 is 0 Å². The minimum atomic E-state index is -0.341. The third kappa shape index (κ3) is 3.48. The fourth-order valence-electron chi connectivity index (χ4n) is 3.57. The molecule has 0 bridgehead atoms. The highest BCUT2D eigenvalue weighted by Crippen LogP contribution is 2.39. The number of rotatable bonds is 5. The summed E-state index contributed by atoms with van der Waals surface area (Å²) in [6.07, 6.45) is 10.8. The van der Waals surface area contributed by atoms with E-state index < -0.39 is 0 Å². The lowest BCUT2D eigenvalue weighted by molar-refractivity contribution is -0.0359. The van der Waals surface area contributed by atoms with Crippen molar-refractivity contribution in [3.05, 3.63) is 0 Å². The van der Waals surface area contributed by atoms with Gasteiger partial charge in [0.1, 0.15) is 0 Å². The molecular weight excluding hydrogens is 196 g/mol. The molecule has 1 N–H and O–H groups in total. The van der Waals surface area contributed by atoms with Crippen molar-refractivity contribution < 1.29 is 5.11 Å². The highest BCUT2D eigenvalue weighted by molar-refractivity contribution is 4.88. The molecule has 0 spiro atoms. The molecule has 1 heteroatoms. The Morgan fingerprint density at radius 1 is 1.12 bits per heavy atom. The van der Waals surface area contributed by atoms with Crippen molar-refractivity contribution in [2.45, 2.75) is 84.2 Å². The molecule has 16 heavy (non-hydrogen) atoms. The van der Waals surface area contributed by atoms with E-state index in [1.54, 1.807) is 0 Å². The van der Waals surface area contributed by atoms with E-state index in [4.69, 9.17) is 0 Å². The molecule has 0 aromatic carbocycles. The lowest BCUT2D eigenvalue weighted by Crippen LogP contribution is -2.36. The van der Waals surface area contributed by atoms with Gasteiger partial charge in [-0.15, -0.1) is 0 Å². The smallest absolute Gasteiger partial charge is 0.0675 e. The van der Waals surface area contributed by atoms with Crippen LogP contribution in [0.5, 0.6) is 0 Å². The van der Waals surface area contributed by atoms with Crippen LogP contribution in [0, 0.1) is 11.8 Å². The van der Waals surface area contributed by atoms with Crippen LogP contribution in [0.15, 0.2) is 0 Å². The summed E-state index contributed by atoms with van der Waals surface area (Å²) in [6, 6.07) is 0. The lowest BCUT2D eigenvalue weighted by Gasteiger charge is -2.34. The zero-order chi connectivity index (χ0) is 12.0. The largest absolute Gasteiger partial charge is 0.390 e. The van der Waals surface area contributed by atoms with Crippen molar-refractivity contribution in [3.63, 3.8) is 0 Å². The second-order valence-electron chi connectivity index (χ2n) is 5.70. The number of aliphatic hydroxyl groups is 1. The van der Waals surface area contributed by atoms with Crippen LogP contribution in [-0.4, -0.2) is 10.7 Å². The van der Waals surface area contributed by atoms with Crippen LogP contribution in [0.4, 0.5) is 0 Å². The molecule has 2 unspecified atom stereocenters. The van der Waals surface area contributed by atoms with Crippen molar-refractivity contribution in [3.8, 4) is 0 Å². The van der Waals surface area contributed by atoms with Crippen molar-refractivity contribution in [1.82, 2.24) is 0 Å². The minimum Gasteiger partial charge on any atom is -0.390 e. The van der Waals surface area contributed by atoms with E-state index in [0.29, 0.717) is 5.92 Å². The van der Waals surface area contributed by atoms with Crippen LogP contribution >= 0.6 is 0 Å². The van der Waals surface area contributed by atoms with Gasteiger partial charge < -0.3 is 5.11 Å². The summed E-state index contributed by atoms with van der Waals surface area (Å²) in [5, 5.41) is 10.8. The molecule has 0 aliphatic heterocycles. The van der Waals surface area contributed by atoms with Crippen LogP contribution in [0.3, 0.4) is 0 Å². The second-order valence-corrected chi connectivity index (χ2v) is 5.70. The monoisotopic (exact) mass is 226 g/mol. The Kier molecular flexibility index (Phi) is 5.82. The van der Waals surface area contributed by atoms with Gasteiger partial charge in [-0.2, -0.15) is 0 Å².